The van der Waals surface area contributed by atoms with Crippen LogP contribution < -0.4 is 9.64 Å². The minimum atomic E-state index is 0.0441. The number of nitrogens with zero attached hydrogens (tertiary/aromatic N) is 2. The van der Waals surface area contributed by atoms with Gasteiger partial charge in [-0.15, -0.1) is 0 Å². The third kappa shape index (κ3) is 3.99. The van der Waals surface area contributed by atoms with Gasteiger partial charge in [-0.1, -0.05) is 31.2 Å². The van der Waals surface area contributed by atoms with Gasteiger partial charge in [-0.3, -0.25) is 4.79 Å². The summed E-state index contributed by atoms with van der Waals surface area (Å²) in [5.74, 6) is 1.81. The largest absolute Gasteiger partial charge is 0.497 e. The molecule has 4 rings (SSSR count). The van der Waals surface area contributed by atoms with Crippen LogP contribution in [-0.4, -0.2) is 44.1 Å². The number of ether oxygens (including phenoxy) is 1. The molecule has 2 heterocycles. The van der Waals surface area contributed by atoms with E-state index in [9.17, 15) is 4.79 Å². The minimum Gasteiger partial charge on any atom is -0.497 e. The van der Waals surface area contributed by atoms with Gasteiger partial charge >= 0.3 is 0 Å². The Balaban J connectivity index is 1.43. The van der Waals surface area contributed by atoms with E-state index in [0.29, 0.717) is 13.1 Å². The third-order valence-electron chi connectivity index (χ3n) is 5.43. The van der Waals surface area contributed by atoms with E-state index in [4.69, 9.17) is 9.15 Å². The molecule has 1 aromatic heterocycles. The van der Waals surface area contributed by atoms with E-state index < -0.39 is 0 Å². The fourth-order valence-electron chi connectivity index (χ4n) is 3.81. The number of para-hydroxylation sites is 1. The molecule has 0 spiro atoms. The highest BCUT2D eigenvalue weighted by Crippen LogP contribution is 2.27. The first-order valence-corrected chi connectivity index (χ1v) is 10.1. The lowest BCUT2D eigenvalue weighted by atomic mass is 10.1. The highest BCUT2D eigenvalue weighted by molar-refractivity contribution is 5.96. The van der Waals surface area contributed by atoms with Crippen molar-refractivity contribution >= 4 is 28.6 Å². The number of carbonyl (C=O) groups is 1. The lowest BCUT2D eigenvalue weighted by molar-refractivity contribution is -0.126. The second kappa shape index (κ2) is 8.43. The molecule has 150 valence electrons. The number of hydrogen-bond donors (Lipinski definition) is 0. The molecule has 5 heteroatoms. The molecular formula is C24H26N2O3. The number of furan rings is 1. The molecule has 0 saturated carbocycles. The van der Waals surface area contributed by atoms with Gasteiger partial charge < -0.3 is 19.0 Å². The first-order chi connectivity index (χ1) is 14.2. The zero-order valence-corrected chi connectivity index (χ0v) is 16.9. The molecule has 1 fully saturated rings. The highest BCUT2D eigenvalue weighted by atomic mass is 16.5. The fraction of sp³-hybridized carbons (Fsp3) is 0.292. The molecule has 0 unspecified atom stereocenters. The summed E-state index contributed by atoms with van der Waals surface area (Å²) in [5.41, 5.74) is 3.00. The van der Waals surface area contributed by atoms with Crippen molar-refractivity contribution in [3.63, 3.8) is 0 Å². The lowest BCUT2D eigenvalue weighted by Crippen LogP contribution is -2.48. The molecule has 29 heavy (non-hydrogen) atoms. The maximum atomic E-state index is 12.7. The van der Waals surface area contributed by atoms with E-state index in [-0.39, 0.29) is 5.91 Å². The van der Waals surface area contributed by atoms with Gasteiger partial charge in [-0.25, -0.2) is 0 Å². The van der Waals surface area contributed by atoms with Crippen LogP contribution in [0.1, 0.15) is 18.2 Å². The summed E-state index contributed by atoms with van der Waals surface area (Å²) >= 11 is 0. The number of fused-ring (bicyclic) bond motifs is 1. The van der Waals surface area contributed by atoms with Gasteiger partial charge in [-0.2, -0.15) is 0 Å². The number of hydrogen-bond acceptors (Lipinski definition) is 4. The molecule has 0 radical (unpaired) electrons. The van der Waals surface area contributed by atoms with Crippen LogP contribution in [0.15, 0.2) is 59.0 Å². The fourth-order valence-corrected chi connectivity index (χ4v) is 3.81. The van der Waals surface area contributed by atoms with Crippen LogP contribution in [0.3, 0.4) is 0 Å². The predicted octanol–water partition coefficient (Wildman–Crippen LogP) is 4.37. The summed E-state index contributed by atoms with van der Waals surface area (Å²) in [4.78, 5) is 16.9. The Labute approximate surface area is 171 Å². The smallest absolute Gasteiger partial charge is 0.246 e. The number of carbonyl (C=O) groups excluding carboxylic acids is 1. The Bertz CT molecular complexity index is 1030. The number of piperazine rings is 1. The van der Waals surface area contributed by atoms with Crippen molar-refractivity contribution in [3.05, 3.63) is 65.9 Å². The second-order valence-electron chi connectivity index (χ2n) is 7.14. The van der Waals surface area contributed by atoms with Crippen LogP contribution in [0.25, 0.3) is 17.0 Å². The monoisotopic (exact) mass is 390 g/mol. The Hall–Kier alpha value is -3.21. The average Bonchev–Trinajstić information content (AvgIpc) is 3.15. The van der Waals surface area contributed by atoms with Crippen molar-refractivity contribution < 1.29 is 13.9 Å². The van der Waals surface area contributed by atoms with E-state index in [0.717, 1.165) is 53.2 Å². The van der Waals surface area contributed by atoms with Crippen LogP contribution in [0.4, 0.5) is 5.69 Å². The van der Waals surface area contributed by atoms with Crippen LogP contribution in [0.5, 0.6) is 5.75 Å². The molecule has 0 N–H and O–H groups in total. The number of rotatable bonds is 5. The molecule has 3 aromatic rings. The van der Waals surface area contributed by atoms with E-state index in [1.165, 1.54) is 0 Å². The summed E-state index contributed by atoms with van der Waals surface area (Å²) in [6.45, 7) is 5.08. The Kier molecular flexibility index (Phi) is 5.56. The van der Waals surface area contributed by atoms with Crippen LogP contribution in [0, 0.1) is 0 Å². The Morgan fingerprint density at radius 1 is 1.10 bits per heavy atom. The van der Waals surface area contributed by atoms with Gasteiger partial charge in [0.25, 0.3) is 0 Å². The maximum Gasteiger partial charge on any atom is 0.246 e. The van der Waals surface area contributed by atoms with Gasteiger partial charge in [0, 0.05) is 61.4 Å². The van der Waals surface area contributed by atoms with Crippen LogP contribution in [-0.2, 0) is 11.2 Å². The summed E-state index contributed by atoms with van der Waals surface area (Å²) in [5, 5.41) is 1.05. The number of amides is 1. The van der Waals surface area contributed by atoms with Crippen molar-refractivity contribution in [1.29, 1.82) is 0 Å². The van der Waals surface area contributed by atoms with Crippen molar-refractivity contribution in [2.75, 3.05) is 38.2 Å². The molecule has 0 atom stereocenters. The molecule has 1 saturated heterocycles. The van der Waals surface area contributed by atoms with Crippen LogP contribution in [0.2, 0.25) is 0 Å². The highest BCUT2D eigenvalue weighted by Gasteiger charge is 2.20. The van der Waals surface area contributed by atoms with Gasteiger partial charge in [0.05, 0.1) is 7.11 Å². The summed E-state index contributed by atoms with van der Waals surface area (Å²) in [6, 6.07) is 16.0. The van der Waals surface area contributed by atoms with E-state index in [2.05, 4.69) is 17.9 Å². The van der Waals surface area contributed by atoms with E-state index in [1.807, 2.05) is 53.4 Å². The number of benzene rings is 2. The standard InChI is InChI=1S/C24H26N2O3/c1-3-22-21(20-9-4-5-10-23(20)29-22)11-12-24(27)26-15-13-25(14-16-26)18-7-6-8-19(17-18)28-2/h4-12,17H,3,13-16H2,1-2H3/b12-11+. The summed E-state index contributed by atoms with van der Waals surface area (Å²) in [6.07, 6.45) is 4.38. The Morgan fingerprint density at radius 3 is 2.66 bits per heavy atom. The first kappa shape index (κ1) is 19.1. The summed E-state index contributed by atoms with van der Waals surface area (Å²) < 4.78 is 11.2. The van der Waals surface area contributed by atoms with E-state index in [1.54, 1.807) is 13.2 Å². The van der Waals surface area contributed by atoms with Crippen molar-refractivity contribution in [1.82, 2.24) is 4.90 Å². The van der Waals surface area contributed by atoms with Crippen molar-refractivity contribution in [2.24, 2.45) is 0 Å². The predicted molar refractivity (Wildman–Crippen MR) is 116 cm³/mol. The number of methoxy groups -OCH3 is 1. The normalized spacial score (nSPS) is 14.7. The molecule has 1 aliphatic heterocycles. The van der Waals surface area contributed by atoms with Gasteiger partial charge in [0.1, 0.15) is 17.1 Å². The zero-order valence-electron chi connectivity index (χ0n) is 16.9. The topological polar surface area (TPSA) is 45.9 Å². The molecule has 1 aliphatic rings. The van der Waals surface area contributed by atoms with Gasteiger partial charge in [0.15, 0.2) is 0 Å². The van der Waals surface area contributed by atoms with Crippen molar-refractivity contribution in [2.45, 2.75) is 13.3 Å². The van der Waals surface area contributed by atoms with Gasteiger partial charge in [-0.05, 0) is 24.3 Å². The average molecular weight is 390 g/mol. The second-order valence-corrected chi connectivity index (χ2v) is 7.14. The number of anilines is 1. The van der Waals surface area contributed by atoms with Crippen molar-refractivity contribution in [3.8, 4) is 5.75 Å². The Morgan fingerprint density at radius 2 is 1.90 bits per heavy atom. The maximum absolute atomic E-state index is 12.7. The SMILES string of the molecule is CCc1oc2ccccc2c1/C=C/C(=O)N1CCN(c2cccc(OC)c2)CC1. The number of aryl methyl sites for hydroxylation is 1. The molecule has 5 nitrogen and oxygen atoms in total. The van der Waals surface area contributed by atoms with Gasteiger partial charge in [0.2, 0.25) is 5.91 Å². The quantitative estimate of drug-likeness (QED) is 0.607. The minimum absolute atomic E-state index is 0.0441. The van der Waals surface area contributed by atoms with E-state index >= 15 is 0 Å². The summed E-state index contributed by atoms with van der Waals surface area (Å²) in [7, 11) is 1.68. The van der Waals surface area contributed by atoms with Crippen LogP contribution >= 0.6 is 0 Å². The molecule has 0 bridgehead atoms. The molecule has 1 amide bonds. The zero-order chi connectivity index (χ0) is 20.2. The molecule has 0 aliphatic carbocycles. The third-order valence-corrected chi connectivity index (χ3v) is 5.43. The molecule has 2 aromatic carbocycles. The molecular weight excluding hydrogens is 364 g/mol. The lowest BCUT2D eigenvalue weighted by Gasteiger charge is -2.35. The first-order valence-electron chi connectivity index (χ1n) is 10.1.